The van der Waals surface area contributed by atoms with Gasteiger partial charge < -0.3 is 10.4 Å². The van der Waals surface area contributed by atoms with Crippen molar-refractivity contribution in [2.45, 2.75) is 46.3 Å². The molecule has 4 nitrogen and oxygen atoms in total. The first kappa shape index (κ1) is 16.7. The Kier molecular flexibility index (Phi) is 5.31. The van der Waals surface area contributed by atoms with Crippen LogP contribution < -0.4 is 5.32 Å². The number of anilines is 1. The molecule has 0 saturated heterocycles. The van der Waals surface area contributed by atoms with Crippen molar-refractivity contribution in [2.24, 2.45) is 0 Å². The number of rotatable bonds is 5. The summed E-state index contributed by atoms with van der Waals surface area (Å²) in [5.41, 5.74) is 2.25. The Bertz CT molecular complexity index is 458. The lowest BCUT2D eigenvalue weighted by Crippen LogP contribution is -2.46. The molecule has 2 N–H and O–H groups in total. The van der Waals surface area contributed by atoms with Gasteiger partial charge in [0.25, 0.3) is 0 Å². The molecule has 0 saturated carbocycles. The third kappa shape index (κ3) is 5.31. The van der Waals surface area contributed by atoms with Crippen molar-refractivity contribution in [1.82, 2.24) is 4.90 Å². The van der Waals surface area contributed by atoms with Gasteiger partial charge in [-0.3, -0.25) is 9.69 Å². The smallest absolute Gasteiger partial charge is 0.241 e. The van der Waals surface area contributed by atoms with Crippen LogP contribution in [0.3, 0.4) is 0 Å². The maximum atomic E-state index is 12.2. The van der Waals surface area contributed by atoms with Gasteiger partial charge in [0.2, 0.25) is 5.91 Å². The molecular weight excluding hydrogens is 252 g/mol. The van der Waals surface area contributed by atoms with Gasteiger partial charge in [0.05, 0.1) is 11.6 Å². The number of likely N-dealkylation sites (N-methyl/N-ethyl adjacent to an activating group) is 1. The highest BCUT2D eigenvalue weighted by molar-refractivity contribution is 5.94. The van der Waals surface area contributed by atoms with Crippen LogP contribution in [0.4, 0.5) is 5.69 Å². The van der Waals surface area contributed by atoms with Gasteiger partial charge in [-0.15, -0.1) is 0 Å². The molecule has 0 aliphatic heterocycles. The van der Waals surface area contributed by atoms with Crippen LogP contribution in [0.15, 0.2) is 18.2 Å². The van der Waals surface area contributed by atoms with Crippen molar-refractivity contribution in [3.8, 4) is 0 Å². The number of hydrogen-bond acceptors (Lipinski definition) is 3. The Morgan fingerprint density at radius 1 is 1.30 bits per heavy atom. The highest BCUT2D eigenvalue weighted by atomic mass is 16.3. The normalized spacial score (nSPS) is 13.4. The summed E-state index contributed by atoms with van der Waals surface area (Å²) < 4.78 is 0. The molecule has 1 atom stereocenters. The molecule has 0 heterocycles. The molecule has 4 heteroatoms. The molecule has 0 radical (unpaired) electrons. The lowest BCUT2D eigenvalue weighted by atomic mass is 10.1. The molecule has 0 aliphatic carbocycles. The molecule has 1 rings (SSSR count). The maximum Gasteiger partial charge on any atom is 0.241 e. The fourth-order valence-electron chi connectivity index (χ4n) is 2.24. The van der Waals surface area contributed by atoms with Crippen LogP contribution in [0.25, 0.3) is 0 Å². The van der Waals surface area contributed by atoms with E-state index in [-0.39, 0.29) is 11.9 Å². The third-order valence-corrected chi connectivity index (χ3v) is 3.17. The standard InChI is InChI=1S/C16H26N2O2/c1-11-7-12(2)9-14(8-11)17-15(19)13(3)18(6)10-16(4,5)20/h7-9,13,20H,10H2,1-6H3,(H,17,19). The summed E-state index contributed by atoms with van der Waals surface area (Å²) in [5.74, 6) is -0.0678. The van der Waals surface area contributed by atoms with Gasteiger partial charge in [-0.25, -0.2) is 0 Å². The number of carbonyl (C=O) groups excluding carboxylic acids is 1. The first-order valence-corrected chi connectivity index (χ1v) is 6.90. The Morgan fingerprint density at radius 2 is 1.80 bits per heavy atom. The molecule has 20 heavy (non-hydrogen) atoms. The lowest BCUT2D eigenvalue weighted by Gasteiger charge is -2.29. The first-order chi connectivity index (χ1) is 9.08. The summed E-state index contributed by atoms with van der Waals surface area (Å²) in [6.45, 7) is 9.76. The zero-order valence-corrected chi connectivity index (χ0v) is 13.3. The van der Waals surface area contributed by atoms with Crippen molar-refractivity contribution in [3.63, 3.8) is 0 Å². The van der Waals surface area contributed by atoms with Crippen LogP contribution >= 0.6 is 0 Å². The summed E-state index contributed by atoms with van der Waals surface area (Å²) in [5, 5.41) is 12.7. The zero-order chi connectivity index (χ0) is 15.5. The zero-order valence-electron chi connectivity index (χ0n) is 13.3. The van der Waals surface area contributed by atoms with Crippen LogP contribution in [0.5, 0.6) is 0 Å². The fourth-order valence-corrected chi connectivity index (χ4v) is 2.24. The van der Waals surface area contributed by atoms with E-state index in [2.05, 4.69) is 11.4 Å². The Hall–Kier alpha value is -1.39. The second kappa shape index (κ2) is 6.37. The minimum Gasteiger partial charge on any atom is -0.389 e. The second-order valence-corrected chi connectivity index (χ2v) is 6.27. The molecule has 0 fully saturated rings. The second-order valence-electron chi connectivity index (χ2n) is 6.27. The fraction of sp³-hybridized carbons (Fsp3) is 0.562. The monoisotopic (exact) mass is 278 g/mol. The summed E-state index contributed by atoms with van der Waals surface area (Å²) >= 11 is 0. The van der Waals surface area contributed by atoms with E-state index in [0.29, 0.717) is 6.54 Å². The number of aryl methyl sites for hydroxylation is 2. The summed E-state index contributed by atoms with van der Waals surface area (Å²) in [4.78, 5) is 14.1. The number of benzene rings is 1. The largest absolute Gasteiger partial charge is 0.389 e. The highest BCUT2D eigenvalue weighted by Gasteiger charge is 2.23. The molecule has 0 bridgehead atoms. The van der Waals surface area contributed by atoms with Gasteiger partial charge in [0, 0.05) is 12.2 Å². The van der Waals surface area contributed by atoms with E-state index in [0.717, 1.165) is 16.8 Å². The summed E-state index contributed by atoms with van der Waals surface area (Å²) in [6.07, 6.45) is 0. The molecule has 1 amide bonds. The third-order valence-electron chi connectivity index (χ3n) is 3.17. The van der Waals surface area contributed by atoms with E-state index in [1.807, 2.05) is 44.9 Å². The molecule has 0 aromatic heterocycles. The van der Waals surface area contributed by atoms with Gasteiger partial charge in [-0.05, 0) is 64.9 Å². The molecule has 112 valence electrons. The van der Waals surface area contributed by atoms with Crippen molar-refractivity contribution in [3.05, 3.63) is 29.3 Å². The summed E-state index contributed by atoms with van der Waals surface area (Å²) in [6, 6.07) is 5.67. The topological polar surface area (TPSA) is 52.6 Å². The van der Waals surface area contributed by atoms with E-state index < -0.39 is 5.60 Å². The van der Waals surface area contributed by atoms with Gasteiger partial charge >= 0.3 is 0 Å². The SMILES string of the molecule is Cc1cc(C)cc(NC(=O)C(C)N(C)CC(C)(C)O)c1. The number of nitrogens with one attached hydrogen (secondary N) is 1. The number of aliphatic hydroxyl groups is 1. The molecule has 0 aliphatic rings. The number of nitrogens with zero attached hydrogens (tertiary/aromatic N) is 1. The van der Waals surface area contributed by atoms with Crippen molar-refractivity contribution in [2.75, 3.05) is 18.9 Å². The van der Waals surface area contributed by atoms with E-state index in [9.17, 15) is 9.90 Å². The lowest BCUT2D eigenvalue weighted by molar-refractivity contribution is -0.121. The minimum atomic E-state index is -0.816. The van der Waals surface area contributed by atoms with Gasteiger partial charge in [-0.1, -0.05) is 6.07 Å². The number of hydrogen-bond donors (Lipinski definition) is 2. The van der Waals surface area contributed by atoms with E-state index in [4.69, 9.17) is 0 Å². The Labute approximate surface area is 121 Å². The van der Waals surface area contributed by atoms with E-state index in [1.165, 1.54) is 0 Å². The van der Waals surface area contributed by atoms with Crippen molar-refractivity contribution in [1.29, 1.82) is 0 Å². The van der Waals surface area contributed by atoms with Gasteiger partial charge in [0.15, 0.2) is 0 Å². The van der Waals surface area contributed by atoms with Crippen LogP contribution in [-0.2, 0) is 4.79 Å². The minimum absolute atomic E-state index is 0.0678. The molecule has 0 spiro atoms. The van der Waals surface area contributed by atoms with Gasteiger partial charge in [-0.2, -0.15) is 0 Å². The number of amides is 1. The Morgan fingerprint density at radius 3 is 2.25 bits per heavy atom. The average Bonchev–Trinajstić information content (AvgIpc) is 2.23. The Balaban J connectivity index is 2.70. The van der Waals surface area contributed by atoms with Crippen LogP contribution in [0.1, 0.15) is 31.9 Å². The van der Waals surface area contributed by atoms with Crippen molar-refractivity contribution >= 4 is 11.6 Å². The first-order valence-electron chi connectivity index (χ1n) is 6.90. The predicted molar refractivity (Wildman–Crippen MR) is 82.9 cm³/mol. The quantitative estimate of drug-likeness (QED) is 0.869. The highest BCUT2D eigenvalue weighted by Crippen LogP contribution is 2.15. The van der Waals surface area contributed by atoms with Gasteiger partial charge in [0.1, 0.15) is 0 Å². The predicted octanol–water partition coefficient (Wildman–Crippen LogP) is 2.33. The maximum absolute atomic E-state index is 12.2. The molecular formula is C16H26N2O2. The van der Waals surface area contributed by atoms with E-state index >= 15 is 0 Å². The van der Waals surface area contributed by atoms with E-state index in [1.54, 1.807) is 13.8 Å². The van der Waals surface area contributed by atoms with Crippen molar-refractivity contribution < 1.29 is 9.90 Å². The number of carbonyl (C=O) groups is 1. The average molecular weight is 278 g/mol. The van der Waals surface area contributed by atoms with Crippen LogP contribution in [0.2, 0.25) is 0 Å². The van der Waals surface area contributed by atoms with Crippen LogP contribution in [-0.4, -0.2) is 41.1 Å². The molecule has 1 aromatic carbocycles. The van der Waals surface area contributed by atoms with Crippen LogP contribution in [0, 0.1) is 13.8 Å². The molecule has 1 aromatic rings. The summed E-state index contributed by atoms with van der Waals surface area (Å²) in [7, 11) is 1.84. The molecule has 1 unspecified atom stereocenters.